The molecule has 0 fully saturated rings. The molecule has 1 unspecified atom stereocenters. The largest absolute Gasteiger partial charge is 1.00 e. The summed E-state index contributed by atoms with van der Waals surface area (Å²) >= 11 is 0. The van der Waals surface area contributed by atoms with Gasteiger partial charge >= 0.3 is 7.60 Å². The van der Waals surface area contributed by atoms with Crippen LogP contribution in [-0.4, -0.2) is 13.2 Å². The van der Waals surface area contributed by atoms with Crippen molar-refractivity contribution in [3.63, 3.8) is 0 Å². The van der Waals surface area contributed by atoms with Crippen LogP contribution >= 0.6 is 7.60 Å². The van der Waals surface area contributed by atoms with E-state index < -0.39 is 7.60 Å². The number of rotatable bonds is 32. The third-order valence-corrected chi connectivity index (χ3v) is 10.4. The van der Waals surface area contributed by atoms with Gasteiger partial charge in [0.1, 0.15) is 7.05 Å². The quantitative estimate of drug-likeness (QED) is 0.0336. The Labute approximate surface area is 280 Å². The lowest BCUT2D eigenvalue weighted by Gasteiger charge is -2.18. The molecule has 0 aliphatic carbocycles. The van der Waals surface area contributed by atoms with Crippen LogP contribution in [0.5, 0.6) is 0 Å². The van der Waals surface area contributed by atoms with Crippen LogP contribution in [0.1, 0.15) is 181 Å². The summed E-state index contributed by atoms with van der Waals surface area (Å²) in [6.45, 7) is 5.56. The number of aryl methyl sites for hydroxylation is 1. The molecule has 0 aromatic carbocycles. The molecule has 0 N–H and O–H groups in total. The van der Waals surface area contributed by atoms with Gasteiger partial charge in [0.2, 0.25) is 0 Å². The first-order valence-corrected chi connectivity index (χ1v) is 20.2. The van der Waals surface area contributed by atoms with Crippen molar-refractivity contribution >= 4 is 12.9 Å². The first-order valence-electron chi connectivity index (χ1n) is 18.6. The fourth-order valence-electron chi connectivity index (χ4n) is 5.52. The van der Waals surface area contributed by atoms with Crippen molar-refractivity contribution in [2.24, 2.45) is 7.05 Å². The summed E-state index contributed by atoms with van der Waals surface area (Å²) in [6, 6.07) is 3.76. The van der Waals surface area contributed by atoms with Crippen LogP contribution in [0.15, 0.2) is 36.7 Å². The van der Waals surface area contributed by atoms with Gasteiger partial charge in [-0.15, -0.1) is 0 Å². The summed E-state index contributed by atoms with van der Waals surface area (Å²) in [7, 11) is -1.32. The highest BCUT2D eigenvalue weighted by molar-refractivity contribution is 7.62. The van der Waals surface area contributed by atoms with Crippen molar-refractivity contribution < 1.29 is 30.6 Å². The minimum absolute atomic E-state index is 0. The fraction of sp³-hybridized carbons (Fsp3) is 0.816. The molecule has 0 spiro atoms. The maximum Gasteiger partial charge on any atom is 0.361 e. The molecule has 6 heteroatoms. The molecule has 1 aromatic rings. The summed E-state index contributed by atoms with van der Waals surface area (Å²) < 4.78 is 27.7. The van der Waals surface area contributed by atoms with E-state index >= 15 is 0 Å². The van der Waals surface area contributed by atoms with Gasteiger partial charge in [-0.3, -0.25) is 4.57 Å². The second-order valence-electron chi connectivity index (χ2n) is 12.7. The van der Waals surface area contributed by atoms with Crippen LogP contribution in [0, 0.1) is 0 Å². The first-order chi connectivity index (χ1) is 21.1. The van der Waals surface area contributed by atoms with Crippen LogP contribution in [-0.2, 0) is 20.7 Å². The summed E-state index contributed by atoms with van der Waals surface area (Å²) in [6.07, 6.45) is 42.1. The van der Waals surface area contributed by atoms with Crippen molar-refractivity contribution in [3.8, 4) is 0 Å². The van der Waals surface area contributed by atoms with Crippen molar-refractivity contribution in [1.82, 2.24) is 0 Å². The molecule has 0 radical (unpaired) electrons. The van der Waals surface area contributed by atoms with E-state index in [0.29, 0.717) is 18.5 Å². The van der Waals surface area contributed by atoms with Gasteiger partial charge in [-0.2, -0.15) is 0 Å². The predicted octanol–water partition coefficient (Wildman–Crippen LogP) is 9.11. The average Bonchev–Trinajstić information content (AvgIpc) is 3.01. The molecular weight excluding hydrogens is 585 g/mol. The second kappa shape index (κ2) is 32.3. The third-order valence-electron chi connectivity index (χ3n) is 8.45. The molecule has 4 nitrogen and oxygen atoms in total. The standard InChI is InChI=1S/C38H71NO3P.ClH/c1-4-6-8-10-12-14-16-18-19-20-21-23-25-27-29-31-37-42-43(40,38-32-34-39(3)35-33-38)41-36-30-28-26-24-22-17-15-13-11-9-7-5-2;/h18-19,32-35H,4-17,20-31,36-37H2,1-3H3;1H/q+1;/p-1/b19-18-;. The Balaban J connectivity index is 0.0000185. The Morgan fingerprint density at radius 1 is 0.545 bits per heavy atom. The Hall–Kier alpha value is -0.670. The molecule has 0 saturated carbocycles. The van der Waals surface area contributed by atoms with E-state index in [1.807, 2.05) is 36.1 Å². The number of allylic oxidation sites excluding steroid dienone is 2. The first kappa shape index (κ1) is 43.3. The topological polar surface area (TPSA) is 39.4 Å². The Bertz CT molecular complexity index is 802. The van der Waals surface area contributed by atoms with Gasteiger partial charge < -0.3 is 21.5 Å². The van der Waals surface area contributed by atoms with Crippen molar-refractivity contribution in [3.05, 3.63) is 36.7 Å². The monoisotopic (exact) mass is 655 g/mol. The van der Waals surface area contributed by atoms with Crippen LogP contribution in [0.2, 0.25) is 0 Å². The zero-order valence-corrected chi connectivity index (χ0v) is 30.9. The van der Waals surface area contributed by atoms with Crippen molar-refractivity contribution in [2.45, 2.75) is 181 Å². The highest BCUT2D eigenvalue weighted by Crippen LogP contribution is 2.47. The molecule has 0 aliphatic heterocycles. The van der Waals surface area contributed by atoms with Gasteiger partial charge in [-0.1, -0.05) is 154 Å². The van der Waals surface area contributed by atoms with Gasteiger partial charge in [0.05, 0.1) is 18.5 Å². The predicted molar refractivity (Wildman–Crippen MR) is 187 cm³/mol. The average molecular weight is 656 g/mol. The van der Waals surface area contributed by atoms with Gasteiger partial charge in [0, 0.05) is 12.1 Å². The SMILES string of the molecule is CCCCCCCC/C=C\CCCCCCCCOP(=O)(OCCCCCCCCCCCCCC)c1cc[n+](C)cc1.[Cl-]. The lowest BCUT2D eigenvalue weighted by molar-refractivity contribution is -0.671. The summed E-state index contributed by atoms with van der Waals surface area (Å²) in [5.74, 6) is 0. The third kappa shape index (κ3) is 25.5. The molecule has 1 aromatic heterocycles. The molecule has 0 bridgehead atoms. The lowest BCUT2D eigenvalue weighted by Crippen LogP contribution is -3.00. The zero-order chi connectivity index (χ0) is 31.1. The van der Waals surface area contributed by atoms with E-state index in [1.165, 1.54) is 141 Å². The molecule has 0 saturated heterocycles. The Kier molecular flexibility index (Phi) is 31.8. The van der Waals surface area contributed by atoms with Crippen molar-refractivity contribution in [2.75, 3.05) is 13.2 Å². The number of halogens is 1. The van der Waals surface area contributed by atoms with Crippen LogP contribution in [0.4, 0.5) is 0 Å². The van der Waals surface area contributed by atoms with Crippen LogP contribution < -0.4 is 22.3 Å². The molecule has 258 valence electrons. The van der Waals surface area contributed by atoms with Gasteiger partial charge in [0.15, 0.2) is 12.4 Å². The maximum atomic E-state index is 13.7. The van der Waals surface area contributed by atoms with Crippen molar-refractivity contribution in [1.29, 1.82) is 0 Å². The molecule has 1 atom stereocenters. The van der Waals surface area contributed by atoms with E-state index in [0.717, 1.165) is 25.7 Å². The molecule has 1 rings (SSSR count). The normalized spacial score (nSPS) is 12.9. The number of nitrogens with zero attached hydrogens (tertiary/aromatic N) is 1. The van der Waals surface area contributed by atoms with E-state index in [-0.39, 0.29) is 12.4 Å². The number of hydrogen-bond acceptors (Lipinski definition) is 3. The molecule has 0 aliphatic rings. The maximum absolute atomic E-state index is 13.7. The lowest BCUT2D eigenvalue weighted by atomic mass is 10.1. The zero-order valence-electron chi connectivity index (χ0n) is 29.3. The summed E-state index contributed by atoms with van der Waals surface area (Å²) in [5.41, 5.74) is 0. The van der Waals surface area contributed by atoms with E-state index in [2.05, 4.69) is 26.0 Å². The number of hydrogen-bond donors (Lipinski definition) is 0. The van der Waals surface area contributed by atoms with E-state index in [4.69, 9.17) is 9.05 Å². The molecule has 1 heterocycles. The van der Waals surface area contributed by atoms with Gasteiger partial charge in [-0.05, 0) is 38.5 Å². The minimum Gasteiger partial charge on any atom is -1.00 e. The number of unbranched alkanes of at least 4 members (excludes halogenated alkanes) is 23. The Morgan fingerprint density at radius 3 is 1.23 bits per heavy atom. The molecule has 0 amide bonds. The number of pyridine rings is 1. The fourth-order valence-corrected chi connectivity index (χ4v) is 7.13. The van der Waals surface area contributed by atoms with E-state index in [9.17, 15) is 4.57 Å². The number of aromatic nitrogens is 1. The van der Waals surface area contributed by atoms with Gasteiger partial charge in [-0.25, -0.2) is 4.57 Å². The van der Waals surface area contributed by atoms with Crippen LogP contribution in [0.3, 0.4) is 0 Å². The van der Waals surface area contributed by atoms with Gasteiger partial charge in [0.25, 0.3) is 0 Å². The highest BCUT2D eigenvalue weighted by Gasteiger charge is 2.28. The van der Waals surface area contributed by atoms with Crippen LogP contribution in [0.25, 0.3) is 0 Å². The smallest absolute Gasteiger partial charge is 0.361 e. The highest BCUT2D eigenvalue weighted by atomic mass is 35.5. The molecular formula is C38H71ClNO3P. The Morgan fingerprint density at radius 2 is 0.864 bits per heavy atom. The summed E-state index contributed by atoms with van der Waals surface area (Å²) in [4.78, 5) is 0. The molecule has 44 heavy (non-hydrogen) atoms. The summed E-state index contributed by atoms with van der Waals surface area (Å²) in [5, 5.41) is 0.675. The minimum atomic E-state index is -3.28. The van der Waals surface area contributed by atoms with E-state index in [1.54, 1.807) is 0 Å². The second-order valence-corrected chi connectivity index (χ2v) is 14.7.